The first-order valence-electron chi connectivity index (χ1n) is 7.92. The van der Waals surface area contributed by atoms with Crippen molar-refractivity contribution >= 4 is 31.5 Å². The van der Waals surface area contributed by atoms with Crippen LogP contribution in [0.15, 0.2) is 62.8 Å². The molecule has 0 amide bonds. The minimum Gasteiger partial charge on any atom is -0.338 e. The summed E-state index contributed by atoms with van der Waals surface area (Å²) in [7, 11) is -5.91. The van der Waals surface area contributed by atoms with Gasteiger partial charge in [0.1, 0.15) is 0 Å². The maximum atomic E-state index is 12.7. The number of aromatic nitrogens is 2. The maximum absolute atomic E-state index is 12.7. The molecule has 0 unspecified atom stereocenters. The highest BCUT2D eigenvalue weighted by Gasteiger charge is 2.24. The van der Waals surface area contributed by atoms with E-state index in [9.17, 15) is 16.8 Å². The normalized spacial score (nSPS) is 12.4. The number of hydrogen-bond acceptors (Lipinski definition) is 7. The number of sulfone groups is 1. The number of nitrogens with zero attached hydrogens (tertiary/aromatic N) is 3. The van der Waals surface area contributed by atoms with Crippen LogP contribution in [0.4, 0.5) is 0 Å². The lowest BCUT2D eigenvalue weighted by Gasteiger charge is -2.15. The molecule has 148 valence electrons. The summed E-state index contributed by atoms with van der Waals surface area (Å²) in [4.78, 5) is 4.20. The largest absolute Gasteiger partial charge is 0.338 e. The highest BCUT2D eigenvalue weighted by molar-refractivity contribution is 7.90. The molecular formula is C17H16ClN3O5S2. The van der Waals surface area contributed by atoms with Crippen LogP contribution < -0.4 is 0 Å². The van der Waals surface area contributed by atoms with Gasteiger partial charge in [0.05, 0.1) is 16.3 Å². The monoisotopic (exact) mass is 441 g/mol. The quantitative estimate of drug-likeness (QED) is 0.578. The Labute approximate surface area is 167 Å². The Morgan fingerprint density at radius 2 is 1.54 bits per heavy atom. The summed E-state index contributed by atoms with van der Waals surface area (Å²) in [5, 5.41) is 4.41. The van der Waals surface area contributed by atoms with E-state index in [-0.39, 0.29) is 22.2 Å². The number of halogens is 1. The van der Waals surface area contributed by atoms with Gasteiger partial charge in [-0.2, -0.15) is 9.29 Å². The Kier molecular flexibility index (Phi) is 5.57. The molecule has 28 heavy (non-hydrogen) atoms. The molecule has 0 bridgehead atoms. The van der Waals surface area contributed by atoms with Crippen LogP contribution in [0.5, 0.6) is 0 Å². The lowest BCUT2D eigenvalue weighted by Crippen LogP contribution is -2.26. The van der Waals surface area contributed by atoms with E-state index in [0.717, 1.165) is 10.6 Å². The maximum Gasteiger partial charge on any atom is 0.243 e. The first kappa shape index (κ1) is 20.5. The molecule has 1 aromatic heterocycles. The second-order valence-electron chi connectivity index (χ2n) is 6.02. The average molecular weight is 442 g/mol. The molecule has 0 N–H and O–H groups in total. The second kappa shape index (κ2) is 7.63. The zero-order valence-electron chi connectivity index (χ0n) is 14.9. The molecule has 0 aliphatic carbocycles. The number of rotatable bonds is 6. The Hall–Kier alpha value is -2.27. The van der Waals surface area contributed by atoms with Gasteiger partial charge in [-0.1, -0.05) is 16.8 Å². The third kappa shape index (κ3) is 4.41. The van der Waals surface area contributed by atoms with Crippen molar-refractivity contribution in [2.45, 2.75) is 16.3 Å². The number of sulfonamides is 1. The topological polar surface area (TPSA) is 110 Å². The van der Waals surface area contributed by atoms with Crippen LogP contribution in [0.1, 0.15) is 5.89 Å². The SMILES string of the molecule is CN(Cc1nc(-c2ccc(Cl)cc2)no1)S(=O)(=O)c1ccc(S(C)(=O)=O)cc1. The van der Waals surface area contributed by atoms with Crippen molar-refractivity contribution in [2.75, 3.05) is 13.3 Å². The minimum atomic E-state index is -3.87. The van der Waals surface area contributed by atoms with Gasteiger partial charge < -0.3 is 4.52 Å². The van der Waals surface area contributed by atoms with Crippen LogP contribution in [0, 0.1) is 0 Å². The van der Waals surface area contributed by atoms with Gasteiger partial charge >= 0.3 is 0 Å². The molecule has 2 aromatic carbocycles. The molecular weight excluding hydrogens is 426 g/mol. The molecule has 0 atom stereocenters. The Morgan fingerprint density at radius 3 is 2.11 bits per heavy atom. The van der Waals surface area contributed by atoms with Gasteiger partial charge in [0, 0.05) is 23.9 Å². The third-order valence-corrected chi connectivity index (χ3v) is 7.09. The van der Waals surface area contributed by atoms with Crippen LogP contribution in [0.25, 0.3) is 11.4 Å². The molecule has 0 saturated carbocycles. The fourth-order valence-corrected chi connectivity index (χ4v) is 4.23. The van der Waals surface area contributed by atoms with Gasteiger partial charge in [0.2, 0.25) is 21.7 Å². The molecule has 0 saturated heterocycles. The molecule has 8 nitrogen and oxygen atoms in total. The summed E-state index contributed by atoms with van der Waals surface area (Å²) in [6, 6.07) is 11.8. The molecule has 0 spiro atoms. The highest BCUT2D eigenvalue weighted by atomic mass is 35.5. The summed E-state index contributed by atoms with van der Waals surface area (Å²) in [5.74, 6) is 0.429. The van der Waals surface area contributed by atoms with E-state index in [1.165, 1.54) is 31.3 Å². The lowest BCUT2D eigenvalue weighted by molar-refractivity contribution is 0.337. The van der Waals surface area contributed by atoms with Crippen molar-refractivity contribution in [1.82, 2.24) is 14.4 Å². The molecule has 0 aliphatic heterocycles. The average Bonchev–Trinajstić information content (AvgIpc) is 3.10. The van der Waals surface area contributed by atoms with Gasteiger partial charge in [-0.3, -0.25) is 0 Å². The van der Waals surface area contributed by atoms with Crippen molar-refractivity contribution in [3.05, 3.63) is 59.4 Å². The number of benzene rings is 2. The van der Waals surface area contributed by atoms with Crippen LogP contribution in [-0.2, 0) is 26.4 Å². The summed E-state index contributed by atoms with van der Waals surface area (Å²) in [5.41, 5.74) is 0.682. The Balaban J connectivity index is 1.78. The van der Waals surface area contributed by atoms with Gasteiger partial charge in [0.25, 0.3) is 0 Å². The van der Waals surface area contributed by atoms with Crippen LogP contribution in [0.2, 0.25) is 5.02 Å². The summed E-state index contributed by atoms with van der Waals surface area (Å²) in [6.07, 6.45) is 1.05. The fourth-order valence-electron chi connectivity index (χ4n) is 2.35. The van der Waals surface area contributed by atoms with Crippen LogP contribution >= 0.6 is 11.6 Å². The summed E-state index contributed by atoms with van der Waals surface area (Å²) < 4.78 is 54.6. The van der Waals surface area contributed by atoms with E-state index in [4.69, 9.17) is 16.1 Å². The highest BCUT2D eigenvalue weighted by Crippen LogP contribution is 2.21. The molecule has 3 aromatic rings. The van der Waals surface area contributed by atoms with Crippen LogP contribution in [-0.4, -0.2) is 44.6 Å². The Bertz CT molecular complexity index is 1190. The number of hydrogen-bond donors (Lipinski definition) is 0. The van der Waals surface area contributed by atoms with Gasteiger partial charge in [-0.05, 0) is 48.5 Å². The van der Waals surface area contributed by atoms with E-state index in [1.54, 1.807) is 24.3 Å². The van der Waals surface area contributed by atoms with E-state index in [2.05, 4.69) is 10.1 Å². The third-order valence-electron chi connectivity index (χ3n) is 3.89. The van der Waals surface area contributed by atoms with E-state index in [0.29, 0.717) is 16.4 Å². The predicted molar refractivity (Wildman–Crippen MR) is 103 cm³/mol. The zero-order chi connectivity index (χ0) is 20.5. The smallest absolute Gasteiger partial charge is 0.243 e. The van der Waals surface area contributed by atoms with Crippen LogP contribution in [0.3, 0.4) is 0 Å². The van der Waals surface area contributed by atoms with Gasteiger partial charge in [-0.25, -0.2) is 16.8 Å². The van der Waals surface area contributed by atoms with Crippen molar-refractivity contribution in [3.8, 4) is 11.4 Å². The predicted octanol–water partition coefficient (Wildman–Crippen LogP) is 2.61. The van der Waals surface area contributed by atoms with E-state index < -0.39 is 19.9 Å². The van der Waals surface area contributed by atoms with Crippen molar-refractivity contribution in [3.63, 3.8) is 0 Å². The van der Waals surface area contributed by atoms with E-state index >= 15 is 0 Å². The minimum absolute atomic E-state index is 0.0404. The van der Waals surface area contributed by atoms with Crippen molar-refractivity contribution in [1.29, 1.82) is 0 Å². The van der Waals surface area contributed by atoms with Crippen molar-refractivity contribution < 1.29 is 21.4 Å². The Morgan fingerprint density at radius 1 is 0.964 bits per heavy atom. The molecule has 11 heteroatoms. The molecule has 1 heterocycles. The zero-order valence-corrected chi connectivity index (χ0v) is 17.3. The summed E-state index contributed by atoms with van der Waals surface area (Å²) >= 11 is 5.85. The lowest BCUT2D eigenvalue weighted by atomic mass is 10.2. The molecule has 3 rings (SSSR count). The first-order chi connectivity index (χ1) is 13.1. The second-order valence-corrected chi connectivity index (χ2v) is 10.5. The molecule has 0 fully saturated rings. The van der Waals surface area contributed by atoms with E-state index in [1.807, 2.05) is 0 Å². The van der Waals surface area contributed by atoms with Gasteiger partial charge in [-0.15, -0.1) is 0 Å². The van der Waals surface area contributed by atoms with Crippen molar-refractivity contribution in [2.24, 2.45) is 0 Å². The first-order valence-corrected chi connectivity index (χ1v) is 11.6. The molecule has 0 radical (unpaired) electrons. The fraction of sp³-hybridized carbons (Fsp3) is 0.176. The summed E-state index contributed by atoms with van der Waals surface area (Å²) in [6.45, 7) is -0.142. The molecule has 0 aliphatic rings. The van der Waals surface area contributed by atoms with Gasteiger partial charge in [0.15, 0.2) is 9.84 Å². The standard InChI is InChI=1S/C17H16ClN3O5S2/c1-21(28(24,25)15-9-7-14(8-10-15)27(2,22)23)11-16-19-17(20-26-16)12-3-5-13(18)6-4-12/h3-10H,11H2,1-2H3.